The van der Waals surface area contributed by atoms with Crippen LogP contribution in [0.4, 0.5) is 4.79 Å². The molecule has 0 saturated carbocycles. The van der Waals surface area contributed by atoms with E-state index in [1.54, 1.807) is 24.3 Å². The van der Waals surface area contributed by atoms with Crippen molar-refractivity contribution >= 4 is 46.7 Å². The predicted molar refractivity (Wildman–Crippen MR) is 122 cm³/mol. The number of thioether (sulfide) groups is 1. The SMILES string of the molecule is C[C@H](NC(=O)OCc1ccccc1)C(=O)N[C@@H](C)C(=O)NC(CCC(=O)SCC(=O)O)C(N)=O. The Labute approximate surface area is 200 Å². The van der Waals surface area contributed by atoms with E-state index in [-0.39, 0.29) is 19.4 Å². The standard InChI is InChI=1S/C21H28N4O8S/c1-12(20(31)25-15(18(22)29)8-9-17(28)34-11-16(26)27)23-19(30)13(2)24-21(32)33-10-14-6-4-3-5-7-14/h3-7,12-13,15H,8-11H2,1-2H3,(H2,22,29)(H,23,30)(H,24,32)(H,25,31)(H,26,27)/t12-,13-,15?/m0/s1. The number of ether oxygens (including phenoxy) is 1. The molecule has 34 heavy (non-hydrogen) atoms. The summed E-state index contributed by atoms with van der Waals surface area (Å²) in [5.41, 5.74) is 6.02. The number of hydrogen-bond donors (Lipinski definition) is 5. The number of carboxylic acids is 1. The fourth-order valence-electron chi connectivity index (χ4n) is 2.47. The van der Waals surface area contributed by atoms with Crippen LogP contribution in [0.15, 0.2) is 30.3 Å². The number of primary amides is 1. The van der Waals surface area contributed by atoms with Crippen LogP contribution in [0.1, 0.15) is 32.3 Å². The Bertz CT molecular complexity index is 896. The topological polar surface area (TPSA) is 194 Å². The number of carbonyl (C=O) groups excluding carboxylic acids is 5. The van der Waals surface area contributed by atoms with E-state index >= 15 is 0 Å². The lowest BCUT2D eigenvalue weighted by atomic mass is 10.1. The summed E-state index contributed by atoms with van der Waals surface area (Å²) in [6.07, 6.45) is -1.13. The molecular formula is C21H28N4O8S. The van der Waals surface area contributed by atoms with E-state index in [0.29, 0.717) is 11.8 Å². The maximum atomic E-state index is 12.3. The third-order valence-corrected chi connectivity index (χ3v) is 5.26. The van der Waals surface area contributed by atoms with Gasteiger partial charge in [0.15, 0.2) is 5.12 Å². The van der Waals surface area contributed by atoms with Gasteiger partial charge in [0, 0.05) is 6.42 Å². The maximum absolute atomic E-state index is 12.3. The molecule has 1 aromatic carbocycles. The Morgan fingerprint density at radius 2 is 1.56 bits per heavy atom. The van der Waals surface area contributed by atoms with Crippen molar-refractivity contribution in [1.29, 1.82) is 0 Å². The number of aliphatic carboxylic acids is 1. The molecule has 13 heteroatoms. The molecule has 4 amide bonds. The van der Waals surface area contributed by atoms with E-state index in [0.717, 1.165) is 5.56 Å². The van der Waals surface area contributed by atoms with E-state index in [9.17, 15) is 28.8 Å². The van der Waals surface area contributed by atoms with Crippen LogP contribution in [-0.2, 0) is 35.3 Å². The van der Waals surface area contributed by atoms with Gasteiger partial charge in [0.1, 0.15) is 24.7 Å². The highest BCUT2D eigenvalue weighted by molar-refractivity contribution is 8.14. The number of carbonyl (C=O) groups is 6. The van der Waals surface area contributed by atoms with Crippen LogP contribution in [0, 0.1) is 0 Å². The minimum Gasteiger partial charge on any atom is -0.481 e. The summed E-state index contributed by atoms with van der Waals surface area (Å²) < 4.78 is 5.03. The van der Waals surface area contributed by atoms with E-state index in [1.165, 1.54) is 13.8 Å². The molecule has 0 aliphatic heterocycles. The predicted octanol–water partition coefficient (Wildman–Crippen LogP) is -0.0993. The van der Waals surface area contributed by atoms with Gasteiger partial charge >= 0.3 is 12.1 Å². The lowest BCUT2D eigenvalue weighted by Gasteiger charge is -2.21. The lowest BCUT2D eigenvalue weighted by molar-refractivity contribution is -0.134. The van der Waals surface area contributed by atoms with Crippen molar-refractivity contribution in [3.63, 3.8) is 0 Å². The van der Waals surface area contributed by atoms with Gasteiger partial charge in [0.2, 0.25) is 17.7 Å². The second-order valence-corrected chi connectivity index (χ2v) is 8.25. The lowest BCUT2D eigenvalue weighted by Crippen LogP contribution is -2.54. The number of amides is 4. The monoisotopic (exact) mass is 496 g/mol. The van der Waals surface area contributed by atoms with E-state index in [4.69, 9.17) is 15.6 Å². The molecule has 0 fully saturated rings. The summed E-state index contributed by atoms with van der Waals surface area (Å²) in [4.78, 5) is 70.3. The van der Waals surface area contributed by atoms with Gasteiger partial charge in [-0.05, 0) is 25.8 Å². The molecule has 0 aromatic heterocycles. The number of alkyl carbamates (subject to hydrolysis) is 1. The molecule has 6 N–H and O–H groups in total. The molecular weight excluding hydrogens is 468 g/mol. The van der Waals surface area contributed by atoms with Gasteiger partial charge in [-0.1, -0.05) is 42.1 Å². The summed E-state index contributed by atoms with van der Waals surface area (Å²) in [5.74, 6) is -3.87. The Kier molecular flexibility index (Phi) is 12.1. The van der Waals surface area contributed by atoms with E-state index < -0.39 is 58.8 Å². The molecule has 0 radical (unpaired) electrons. The van der Waals surface area contributed by atoms with Crippen molar-refractivity contribution in [1.82, 2.24) is 16.0 Å². The van der Waals surface area contributed by atoms with Crippen molar-refractivity contribution in [3.05, 3.63) is 35.9 Å². The Balaban J connectivity index is 2.46. The molecule has 0 aliphatic rings. The number of nitrogens with one attached hydrogen (secondary N) is 3. The minimum absolute atomic E-state index is 0.0195. The van der Waals surface area contributed by atoms with Crippen molar-refractivity contribution < 1.29 is 38.6 Å². The summed E-state index contributed by atoms with van der Waals surface area (Å²) in [6.45, 7) is 2.78. The highest BCUT2D eigenvalue weighted by Crippen LogP contribution is 2.09. The number of rotatable bonds is 13. The van der Waals surface area contributed by atoms with Crippen molar-refractivity contribution in [2.45, 2.75) is 51.4 Å². The zero-order chi connectivity index (χ0) is 25.7. The van der Waals surface area contributed by atoms with E-state index in [2.05, 4.69) is 16.0 Å². The molecule has 0 saturated heterocycles. The molecule has 186 valence electrons. The van der Waals surface area contributed by atoms with Crippen LogP contribution in [0.2, 0.25) is 0 Å². The van der Waals surface area contributed by atoms with Gasteiger partial charge in [0.05, 0.1) is 5.75 Å². The van der Waals surface area contributed by atoms with Gasteiger partial charge in [-0.25, -0.2) is 4.79 Å². The summed E-state index contributed by atoms with van der Waals surface area (Å²) in [6, 6.07) is 5.65. The highest BCUT2D eigenvalue weighted by Gasteiger charge is 2.25. The first-order valence-electron chi connectivity index (χ1n) is 10.2. The van der Waals surface area contributed by atoms with Crippen LogP contribution in [0.3, 0.4) is 0 Å². The summed E-state index contributed by atoms with van der Waals surface area (Å²) in [7, 11) is 0. The summed E-state index contributed by atoms with van der Waals surface area (Å²) in [5, 5.41) is 15.2. The number of hydrogen-bond acceptors (Lipinski definition) is 8. The van der Waals surface area contributed by atoms with Crippen molar-refractivity contribution in [2.75, 3.05) is 5.75 Å². The third kappa shape index (κ3) is 11.3. The maximum Gasteiger partial charge on any atom is 0.408 e. The number of benzene rings is 1. The minimum atomic E-state index is -1.19. The second-order valence-electron chi connectivity index (χ2n) is 7.21. The average molecular weight is 497 g/mol. The molecule has 1 unspecified atom stereocenters. The average Bonchev–Trinajstić information content (AvgIpc) is 2.79. The van der Waals surface area contributed by atoms with Gasteiger partial charge < -0.3 is 31.5 Å². The molecule has 0 aliphatic carbocycles. The first-order valence-corrected chi connectivity index (χ1v) is 11.2. The largest absolute Gasteiger partial charge is 0.481 e. The zero-order valence-electron chi connectivity index (χ0n) is 18.7. The van der Waals surface area contributed by atoms with Crippen molar-refractivity contribution in [3.8, 4) is 0 Å². The molecule has 1 aromatic rings. The highest BCUT2D eigenvalue weighted by atomic mass is 32.2. The molecule has 0 bridgehead atoms. The van der Waals surface area contributed by atoms with Crippen LogP contribution in [-0.4, -0.2) is 63.9 Å². The van der Waals surface area contributed by atoms with Crippen molar-refractivity contribution in [2.24, 2.45) is 5.73 Å². The smallest absolute Gasteiger partial charge is 0.408 e. The van der Waals surface area contributed by atoms with Gasteiger partial charge in [-0.15, -0.1) is 0 Å². The van der Waals surface area contributed by atoms with Crippen LogP contribution in [0.25, 0.3) is 0 Å². The second kappa shape index (κ2) is 14.5. The Morgan fingerprint density at radius 3 is 2.15 bits per heavy atom. The molecule has 0 spiro atoms. The molecule has 3 atom stereocenters. The van der Waals surface area contributed by atoms with Gasteiger partial charge in [-0.2, -0.15) is 0 Å². The first-order chi connectivity index (χ1) is 16.0. The normalized spacial score (nSPS) is 13.0. The molecule has 0 heterocycles. The molecule has 1 rings (SSSR count). The Hall–Kier alpha value is -3.61. The number of nitrogens with two attached hydrogens (primary N) is 1. The quantitative estimate of drug-likeness (QED) is 0.248. The zero-order valence-corrected chi connectivity index (χ0v) is 19.6. The third-order valence-electron chi connectivity index (χ3n) is 4.35. The Morgan fingerprint density at radius 1 is 0.971 bits per heavy atom. The first kappa shape index (κ1) is 28.4. The van der Waals surface area contributed by atoms with Crippen LogP contribution in [0.5, 0.6) is 0 Å². The fraction of sp³-hybridized carbons (Fsp3) is 0.429. The van der Waals surface area contributed by atoms with Crippen LogP contribution < -0.4 is 21.7 Å². The van der Waals surface area contributed by atoms with Crippen LogP contribution >= 0.6 is 11.8 Å². The van der Waals surface area contributed by atoms with Gasteiger partial charge in [0.25, 0.3) is 0 Å². The number of carboxylic acid groups (broad SMARTS) is 1. The van der Waals surface area contributed by atoms with E-state index in [1.807, 2.05) is 6.07 Å². The molecule has 12 nitrogen and oxygen atoms in total. The fourth-order valence-corrected chi connectivity index (χ4v) is 3.02. The summed E-state index contributed by atoms with van der Waals surface area (Å²) >= 11 is 0.577. The van der Waals surface area contributed by atoms with Gasteiger partial charge in [-0.3, -0.25) is 24.0 Å².